The molecule has 2 rings (SSSR count). The molecule has 1 aromatic rings. The maximum atomic E-state index is 12.3. The van der Waals surface area contributed by atoms with Gasteiger partial charge in [-0.1, -0.05) is 6.07 Å². The second kappa shape index (κ2) is 5.97. The summed E-state index contributed by atoms with van der Waals surface area (Å²) in [6.45, 7) is 3.61. The van der Waals surface area contributed by atoms with E-state index in [1.165, 1.54) is 11.3 Å². The number of ether oxygens (including phenoxy) is 1. The monoisotopic (exact) mass is 268 g/mol. The van der Waals surface area contributed by atoms with E-state index in [9.17, 15) is 9.59 Å². The second-order valence-corrected chi connectivity index (χ2v) is 4.91. The number of hydrogen-bond acceptors (Lipinski definition) is 4. The molecule has 1 N–H and O–H groups in total. The van der Waals surface area contributed by atoms with E-state index in [0.29, 0.717) is 24.6 Å². The lowest BCUT2D eigenvalue weighted by atomic mass is 10.2. The van der Waals surface area contributed by atoms with Gasteiger partial charge in [-0.3, -0.25) is 9.59 Å². The van der Waals surface area contributed by atoms with Crippen LogP contribution in [0.1, 0.15) is 16.6 Å². The smallest absolute Gasteiger partial charge is 0.264 e. The number of rotatable bonds is 3. The van der Waals surface area contributed by atoms with E-state index in [-0.39, 0.29) is 18.4 Å². The van der Waals surface area contributed by atoms with Crippen LogP contribution in [0.2, 0.25) is 0 Å². The third-order valence-corrected chi connectivity index (χ3v) is 3.63. The highest BCUT2D eigenvalue weighted by atomic mass is 32.1. The molecule has 0 radical (unpaired) electrons. The summed E-state index contributed by atoms with van der Waals surface area (Å²) in [6, 6.07) is 3.09. The van der Waals surface area contributed by atoms with E-state index in [2.05, 4.69) is 5.32 Å². The van der Waals surface area contributed by atoms with Crippen molar-refractivity contribution in [1.82, 2.24) is 10.2 Å². The predicted molar refractivity (Wildman–Crippen MR) is 68.6 cm³/mol. The van der Waals surface area contributed by atoms with Crippen molar-refractivity contribution >= 4 is 23.2 Å². The first-order valence-electron chi connectivity index (χ1n) is 5.94. The first-order valence-corrected chi connectivity index (χ1v) is 6.82. The Labute approximate surface area is 110 Å². The van der Waals surface area contributed by atoms with Crippen LogP contribution in [0.15, 0.2) is 17.5 Å². The van der Waals surface area contributed by atoms with Gasteiger partial charge in [0, 0.05) is 13.1 Å². The van der Waals surface area contributed by atoms with Gasteiger partial charge < -0.3 is 15.0 Å². The Hall–Kier alpha value is -1.40. The van der Waals surface area contributed by atoms with Crippen LogP contribution in [0.5, 0.6) is 0 Å². The van der Waals surface area contributed by atoms with Crippen molar-refractivity contribution in [3.8, 4) is 0 Å². The molecule has 5 nitrogen and oxygen atoms in total. The number of thiophene rings is 1. The fourth-order valence-corrected chi connectivity index (χ4v) is 2.58. The summed E-state index contributed by atoms with van der Waals surface area (Å²) in [5, 5.41) is 4.59. The molecule has 98 valence electrons. The number of hydrogen-bond donors (Lipinski definition) is 1. The Kier molecular flexibility index (Phi) is 4.33. The molecule has 2 heterocycles. The summed E-state index contributed by atoms with van der Waals surface area (Å²) in [5.41, 5.74) is 0. The summed E-state index contributed by atoms with van der Waals surface area (Å²) >= 11 is 1.39. The van der Waals surface area contributed by atoms with E-state index < -0.39 is 6.04 Å². The molecule has 1 aromatic heterocycles. The molecule has 2 amide bonds. The molecular formula is C12H16N2O3S. The van der Waals surface area contributed by atoms with Gasteiger partial charge in [-0.15, -0.1) is 11.3 Å². The highest BCUT2D eigenvalue weighted by molar-refractivity contribution is 7.12. The first-order chi connectivity index (χ1) is 8.74. The largest absolute Gasteiger partial charge is 0.377 e. The van der Waals surface area contributed by atoms with Gasteiger partial charge in [-0.2, -0.15) is 0 Å². The number of amides is 2. The molecule has 0 saturated carbocycles. The molecule has 1 aliphatic rings. The number of nitrogens with zero attached hydrogens (tertiary/aromatic N) is 1. The number of nitrogens with one attached hydrogen (secondary N) is 1. The van der Waals surface area contributed by atoms with Gasteiger partial charge in [0.25, 0.3) is 5.91 Å². The maximum absolute atomic E-state index is 12.3. The van der Waals surface area contributed by atoms with Crippen LogP contribution in [0.3, 0.4) is 0 Å². The fourth-order valence-electron chi connectivity index (χ4n) is 1.90. The standard InChI is InChI=1S/C12H16N2O3S/c1-2-13-11(15)9-8-17-6-5-14(9)12(16)10-4-3-7-18-10/h3-4,7,9H,2,5-6,8H2,1H3,(H,13,15). The predicted octanol–water partition coefficient (Wildman–Crippen LogP) is 0.725. The second-order valence-electron chi connectivity index (χ2n) is 3.96. The number of carbonyl (C=O) groups excluding carboxylic acids is 2. The quantitative estimate of drug-likeness (QED) is 0.879. The minimum Gasteiger partial charge on any atom is -0.377 e. The summed E-state index contributed by atoms with van der Waals surface area (Å²) in [7, 11) is 0. The van der Waals surface area contributed by atoms with Gasteiger partial charge in [0.15, 0.2) is 0 Å². The third kappa shape index (κ3) is 2.70. The summed E-state index contributed by atoms with van der Waals surface area (Å²) < 4.78 is 5.30. The first kappa shape index (κ1) is 13.0. The van der Waals surface area contributed by atoms with Gasteiger partial charge >= 0.3 is 0 Å². The molecule has 1 fully saturated rings. The van der Waals surface area contributed by atoms with Crippen molar-refractivity contribution in [2.24, 2.45) is 0 Å². The van der Waals surface area contributed by atoms with E-state index in [0.717, 1.165) is 0 Å². The summed E-state index contributed by atoms with van der Waals surface area (Å²) in [5.74, 6) is -0.244. The van der Waals surface area contributed by atoms with E-state index in [4.69, 9.17) is 4.74 Å². The zero-order valence-corrected chi connectivity index (χ0v) is 11.0. The van der Waals surface area contributed by atoms with Crippen molar-refractivity contribution < 1.29 is 14.3 Å². The molecule has 18 heavy (non-hydrogen) atoms. The van der Waals surface area contributed by atoms with Crippen molar-refractivity contribution in [3.63, 3.8) is 0 Å². The molecule has 0 aliphatic carbocycles. The van der Waals surface area contributed by atoms with E-state index in [1.54, 1.807) is 11.0 Å². The average molecular weight is 268 g/mol. The van der Waals surface area contributed by atoms with Crippen LogP contribution < -0.4 is 5.32 Å². The lowest BCUT2D eigenvalue weighted by molar-refractivity contribution is -0.130. The van der Waals surface area contributed by atoms with Crippen LogP contribution in [-0.2, 0) is 9.53 Å². The zero-order valence-electron chi connectivity index (χ0n) is 10.2. The lowest BCUT2D eigenvalue weighted by Gasteiger charge is -2.34. The summed E-state index contributed by atoms with van der Waals surface area (Å²) in [6.07, 6.45) is 0. The molecular weight excluding hydrogens is 252 g/mol. The fraction of sp³-hybridized carbons (Fsp3) is 0.500. The van der Waals surface area contributed by atoms with Gasteiger partial charge in [-0.25, -0.2) is 0 Å². The van der Waals surface area contributed by atoms with Crippen LogP contribution in [0, 0.1) is 0 Å². The van der Waals surface area contributed by atoms with Gasteiger partial charge in [0.05, 0.1) is 18.1 Å². The van der Waals surface area contributed by atoms with Crippen molar-refractivity contribution in [3.05, 3.63) is 22.4 Å². The Morgan fingerprint density at radius 3 is 3.11 bits per heavy atom. The van der Waals surface area contributed by atoms with E-state index >= 15 is 0 Å². The Morgan fingerprint density at radius 1 is 1.61 bits per heavy atom. The Balaban J connectivity index is 2.12. The normalized spacial score (nSPS) is 19.6. The van der Waals surface area contributed by atoms with Crippen LogP contribution in [0.25, 0.3) is 0 Å². The average Bonchev–Trinajstić information content (AvgIpc) is 2.92. The number of carbonyl (C=O) groups is 2. The zero-order chi connectivity index (χ0) is 13.0. The van der Waals surface area contributed by atoms with Crippen LogP contribution in [0.4, 0.5) is 0 Å². The topological polar surface area (TPSA) is 58.6 Å². The molecule has 1 atom stereocenters. The van der Waals surface area contributed by atoms with E-state index in [1.807, 2.05) is 18.4 Å². The molecule has 0 bridgehead atoms. The molecule has 6 heteroatoms. The van der Waals surface area contributed by atoms with Crippen molar-refractivity contribution in [2.75, 3.05) is 26.3 Å². The molecule has 1 aliphatic heterocycles. The summed E-state index contributed by atoms with van der Waals surface area (Å²) in [4.78, 5) is 26.4. The minimum absolute atomic E-state index is 0.0930. The van der Waals surface area contributed by atoms with Gasteiger partial charge in [0.2, 0.25) is 5.91 Å². The third-order valence-electron chi connectivity index (χ3n) is 2.77. The van der Waals surface area contributed by atoms with Gasteiger partial charge in [0.1, 0.15) is 6.04 Å². The highest BCUT2D eigenvalue weighted by Gasteiger charge is 2.33. The molecule has 1 unspecified atom stereocenters. The molecule has 1 saturated heterocycles. The minimum atomic E-state index is -0.520. The Bertz CT molecular complexity index is 419. The lowest BCUT2D eigenvalue weighted by Crippen LogP contribution is -2.55. The van der Waals surface area contributed by atoms with Crippen LogP contribution in [-0.4, -0.2) is 49.1 Å². The molecule has 0 aromatic carbocycles. The SMILES string of the molecule is CCNC(=O)C1COCCN1C(=O)c1cccs1. The van der Waals surface area contributed by atoms with Crippen molar-refractivity contribution in [1.29, 1.82) is 0 Å². The van der Waals surface area contributed by atoms with Gasteiger partial charge in [-0.05, 0) is 18.4 Å². The maximum Gasteiger partial charge on any atom is 0.264 e. The van der Waals surface area contributed by atoms with Crippen molar-refractivity contribution in [2.45, 2.75) is 13.0 Å². The van der Waals surface area contributed by atoms with Crippen LogP contribution >= 0.6 is 11.3 Å². The number of likely N-dealkylation sites (N-methyl/N-ethyl adjacent to an activating group) is 1. The molecule has 0 spiro atoms. The Morgan fingerprint density at radius 2 is 2.44 bits per heavy atom. The highest BCUT2D eigenvalue weighted by Crippen LogP contribution is 2.16. The number of morpholine rings is 1.